The number of para-hydroxylation sites is 1. The van der Waals surface area contributed by atoms with Crippen molar-refractivity contribution in [3.05, 3.63) is 90.1 Å². The molecule has 4 rings (SSSR count). The molecule has 0 bridgehead atoms. The molecule has 4 aromatic rings. The van der Waals surface area contributed by atoms with Crippen molar-refractivity contribution < 1.29 is 19.8 Å². The number of hydrogen-bond acceptors (Lipinski definition) is 3. The van der Waals surface area contributed by atoms with Crippen LogP contribution in [0.2, 0.25) is 0 Å². The normalized spacial score (nSPS) is 10.2. The van der Waals surface area contributed by atoms with Crippen LogP contribution in [-0.4, -0.2) is 27.1 Å². The van der Waals surface area contributed by atoms with Gasteiger partial charge in [0.05, 0.1) is 16.6 Å². The number of carbonyl (C=O) groups is 2. The number of carboxylic acid groups (broad SMARTS) is 2. The number of aromatic carboxylic acids is 2. The van der Waals surface area contributed by atoms with E-state index in [1.54, 1.807) is 0 Å². The lowest BCUT2D eigenvalue weighted by molar-refractivity contribution is 0.0696. The summed E-state index contributed by atoms with van der Waals surface area (Å²) in [4.78, 5) is 25.2. The zero-order valence-electron chi connectivity index (χ0n) is 13.7. The third-order valence-corrected chi connectivity index (χ3v) is 3.85. The Balaban J connectivity index is 0.000000153. The lowest BCUT2D eigenvalue weighted by Crippen LogP contribution is -2.01. The highest BCUT2D eigenvalue weighted by Gasteiger charge is 2.06. The maximum absolute atomic E-state index is 10.4. The first kappa shape index (κ1) is 17.1. The van der Waals surface area contributed by atoms with Crippen LogP contribution in [0.25, 0.3) is 21.7 Å². The summed E-state index contributed by atoms with van der Waals surface area (Å²) in [6, 6.07) is 21.8. The van der Waals surface area contributed by atoms with E-state index in [1.165, 1.54) is 34.4 Å². The van der Waals surface area contributed by atoms with Crippen LogP contribution in [0, 0.1) is 0 Å². The van der Waals surface area contributed by atoms with Crippen LogP contribution in [0.1, 0.15) is 20.7 Å². The molecule has 0 saturated heterocycles. The number of hydrogen-bond donors (Lipinski definition) is 2. The van der Waals surface area contributed by atoms with Gasteiger partial charge in [-0.15, -0.1) is 0 Å². The molecule has 0 amide bonds. The minimum atomic E-state index is -1.13. The van der Waals surface area contributed by atoms with Gasteiger partial charge >= 0.3 is 11.9 Å². The van der Waals surface area contributed by atoms with Gasteiger partial charge in [0.15, 0.2) is 0 Å². The highest BCUT2D eigenvalue weighted by molar-refractivity contribution is 6.05. The SMILES string of the molecule is O=C(O)c1cccc(C(=O)O)c1.c1ccc2c(c1)cnc1ccccc12. The molecular formula is C21H15NO4. The van der Waals surface area contributed by atoms with E-state index < -0.39 is 11.9 Å². The number of benzene rings is 3. The Kier molecular flexibility index (Phi) is 4.90. The number of nitrogens with zero attached hydrogens (tertiary/aromatic N) is 1. The zero-order chi connectivity index (χ0) is 18.5. The highest BCUT2D eigenvalue weighted by Crippen LogP contribution is 2.22. The van der Waals surface area contributed by atoms with E-state index in [-0.39, 0.29) is 11.1 Å². The van der Waals surface area contributed by atoms with E-state index in [2.05, 4.69) is 35.3 Å². The van der Waals surface area contributed by atoms with Crippen molar-refractivity contribution in [3.63, 3.8) is 0 Å². The molecule has 0 spiro atoms. The summed E-state index contributed by atoms with van der Waals surface area (Å²) in [7, 11) is 0. The molecule has 26 heavy (non-hydrogen) atoms. The molecule has 0 aliphatic rings. The molecule has 5 nitrogen and oxygen atoms in total. The summed E-state index contributed by atoms with van der Waals surface area (Å²) < 4.78 is 0. The van der Waals surface area contributed by atoms with Gasteiger partial charge in [-0.25, -0.2) is 9.59 Å². The number of aromatic nitrogens is 1. The fourth-order valence-corrected chi connectivity index (χ4v) is 2.59. The van der Waals surface area contributed by atoms with Crippen molar-refractivity contribution in [1.82, 2.24) is 4.98 Å². The molecule has 0 saturated carbocycles. The molecule has 1 aromatic heterocycles. The Bertz CT molecular complexity index is 1020. The van der Waals surface area contributed by atoms with Crippen LogP contribution in [0.5, 0.6) is 0 Å². The average Bonchev–Trinajstić information content (AvgIpc) is 2.68. The quantitative estimate of drug-likeness (QED) is 0.523. The van der Waals surface area contributed by atoms with Gasteiger partial charge in [0.25, 0.3) is 0 Å². The maximum Gasteiger partial charge on any atom is 0.335 e. The molecule has 0 radical (unpaired) electrons. The molecule has 0 fully saturated rings. The molecule has 0 aliphatic carbocycles. The van der Waals surface area contributed by atoms with Crippen molar-refractivity contribution in [1.29, 1.82) is 0 Å². The standard InChI is InChI=1S/C13H9N.C8H6O4/c1-2-6-11-10(5-1)9-14-13-8-4-3-7-12(11)13;9-7(10)5-2-1-3-6(4-5)8(11)12/h1-9H;1-4H,(H,9,10)(H,11,12). The van der Waals surface area contributed by atoms with Gasteiger partial charge in [-0.05, 0) is 29.7 Å². The van der Waals surface area contributed by atoms with Gasteiger partial charge in [0.2, 0.25) is 0 Å². The molecule has 0 aliphatic heterocycles. The maximum atomic E-state index is 10.4. The van der Waals surface area contributed by atoms with Gasteiger partial charge in [-0.3, -0.25) is 4.98 Å². The Hall–Kier alpha value is -3.73. The summed E-state index contributed by atoms with van der Waals surface area (Å²) in [6.07, 6.45) is 1.93. The molecular weight excluding hydrogens is 330 g/mol. The number of carboxylic acids is 2. The van der Waals surface area contributed by atoms with Crippen molar-refractivity contribution in [2.24, 2.45) is 0 Å². The first-order valence-electron chi connectivity index (χ1n) is 7.85. The summed E-state index contributed by atoms with van der Waals surface area (Å²) >= 11 is 0. The van der Waals surface area contributed by atoms with Gasteiger partial charge in [0, 0.05) is 17.0 Å². The summed E-state index contributed by atoms with van der Waals surface area (Å²) in [5.41, 5.74) is 1.02. The molecule has 2 N–H and O–H groups in total. The van der Waals surface area contributed by atoms with Gasteiger partial charge in [-0.2, -0.15) is 0 Å². The van der Waals surface area contributed by atoms with E-state index >= 15 is 0 Å². The summed E-state index contributed by atoms with van der Waals surface area (Å²) in [5.74, 6) is -2.25. The van der Waals surface area contributed by atoms with Crippen LogP contribution in [0.4, 0.5) is 0 Å². The van der Waals surface area contributed by atoms with Crippen LogP contribution < -0.4 is 0 Å². The van der Waals surface area contributed by atoms with Gasteiger partial charge in [0.1, 0.15) is 0 Å². The largest absolute Gasteiger partial charge is 0.478 e. The van der Waals surface area contributed by atoms with Crippen molar-refractivity contribution in [2.75, 3.05) is 0 Å². The van der Waals surface area contributed by atoms with E-state index in [0.717, 1.165) is 11.6 Å². The van der Waals surface area contributed by atoms with Crippen molar-refractivity contribution in [2.45, 2.75) is 0 Å². The predicted molar refractivity (Wildman–Crippen MR) is 99.6 cm³/mol. The van der Waals surface area contributed by atoms with Crippen LogP contribution in [0.3, 0.4) is 0 Å². The minimum absolute atomic E-state index is 0.0186. The number of rotatable bonds is 2. The first-order chi connectivity index (χ1) is 12.6. The van der Waals surface area contributed by atoms with Crippen molar-refractivity contribution >= 4 is 33.6 Å². The molecule has 0 unspecified atom stereocenters. The third-order valence-electron chi connectivity index (χ3n) is 3.85. The Morgan fingerprint density at radius 2 is 1.27 bits per heavy atom. The van der Waals surface area contributed by atoms with Crippen LogP contribution in [-0.2, 0) is 0 Å². The number of fused-ring (bicyclic) bond motifs is 3. The summed E-state index contributed by atoms with van der Waals surface area (Å²) in [5, 5.41) is 20.7. The number of pyridine rings is 1. The topological polar surface area (TPSA) is 87.5 Å². The third kappa shape index (κ3) is 3.67. The smallest absolute Gasteiger partial charge is 0.335 e. The molecule has 5 heteroatoms. The van der Waals surface area contributed by atoms with Gasteiger partial charge in [-0.1, -0.05) is 48.5 Å². The molecule has 1 heterocycles. The second-order valence-electron chi connectivity index (χ2n) is 5.55. The van der Waals surface area contributed by atoms with E-state index in [4.69, 9.17) is 10.2 Å². The fraction of sp³-hybridized carbons (Fsp3) is 0. The Labute approximate surface area is 149 Å². The van der Waals surface area contributed by atoms with Gasteiger partial charge < -0.3 is 10.2 Å². The first-order valence-corrected chi connectivity index (χ1v) is 7.85. The molecule has 3 aromatic carbocycles. The lowest BCUT2D eigenvalue weighted by atomic mass is 10.1. The molecule has 128 valence electrons. The average molecular weight is 345 g/mol. The Morgan fingerprint density at radius 3 is 1.92 bits per heavy atom. The zero-order valence-corrected chi connectivity index (χ0v) is 13.7. The van der Waals surface area contributed by atoms with E-state index in [0.29, 0.717) is 0 Å². The monoisotopic (exact) mass is 345 g/mol. The van der Waals surface area contributed by atoms with Crippen LogP contribution >= 0.6 is 0 Å². The van der Waals surface area contributed by atoms with E-state index in [1.807, 2.05) is 24.4 Å². The molecule has 0 atom stereocenters. The second-order valence-corrected chi connectivity index (χ2v) is 5.55. The summed E-state index contributed by atoms with van der Waals surface area (Å²) in [6.45, 7) is 0. The fourth-order valence-electron chi connectivity index (χ4n) is 2.59. The minimum Gasteiger partial charge on any atom is -0.478 e. The second kappa shape index (κ2) is 7.44. The Morgan fingerprint density at radius 1 is 0.692 bits per heavy atom. The van der Waals surface area contributed by atoms with E-state index in [9.17, 15) is 9.59 Å². The lowest BCUT2D eigenvalue weighted by Gasteiger charge is -2.01. The van der Waals surface area contributed by atoms with Crippen molar-refractivity contribution in [3.8, 4) is 0 Å². The predicted octanol–water partition coefficient (Wildman–Crippen LogP) is 4.47. The van der Waals surface area contributed by atoms with Crippen LogP contribution in [0.15, 0.2) is 79.0 Å². The highest BCUT2D eigenvalue weighted by atomic mass is 16.4.